The van der Waals surface area contributed by atoms with Crippen LogP contribution in [0.15, 0.2) is 24.1 Å². The number of imidazole rings is 1. The van der Waals surface area contributed by atoms with E-state index in [1.165, 1.54) is 113 Å². The molecule has 0 spiro atoms. The average molecular weight is 483 g/mol. The Bertz CT molecular complexity index is 1070. The third-order valence-corrected chi connectivity index (χ3v) is 8.91. The minimum absolute atomic E-state index is 0.718. The van der Waals surface area contributed by atoms with Crippen molar-refractivity contribution in [2.45, 2.75) is 121 Å². The summed E-state index contributed by atoms with van der Waals surface area (Å²) in [5, 5.41) is 0. The summed E-state index contributed by atoms with van der Waals surface area (Å²) < 4.78 is 0. The van der Waals surface area contributed by atoms with E-state index in [9.17, 15) is 0 Å². The molecule has 2 nitrogen and oxygen atoms in total. The van der Waals surface area contributed by atoms with Gasteiger partial charge >= 0.3 is 141 Å². The van der Waals surface area contributed by atoms with Crippen molar-refractivity contribution in [3.8, 4) is 0 Å². The van der Waals surface area contributed by atoms with Crippen molar-refractivity contribution in [3.63, 3.8) is 0 Å². The van der Waals surface area contributed by atoms with Gasteiger partial charge in [0.2, 0.25) is 0 Å². The van der Waals surface area contributed by atoms with Crippen LogP contribution in [0, 0.1) is 6.92 Å². The van der Waals surface area contributed by atoms with Crippen LogP contribution in [0.25, 0.3) is 10.8 Å². The van der Waals surface area contributed by atoms with Crippen molar-refractivity contribution in [1.29, 1.82) is 0 Å². The Hall–Kier alpha value is -1.31. The third kappa shape index (κ3) is 8.33. The van der Waals surface area contributed by atoms with Gasteiger partial charge in [-0.3, -0.25) is 0 Å². The van der Waals surface area contributed by atoms with Gasteiger partial charge in [-0.1, -0.05) is 82.3 Å². The number of aromatic nitrogens is 2. The zero-order valence-electron chi connectivity index (χ0n) is 23.1. The van der Waals surface area contributed by atoms with Gasteiger partial charge in [0.25, 0.3) is 0 Å². The molecule has 0 unspecified atom stereocenters. The van der Waals surface area contributed by atoms with Gasteiger partial charge in [0, 0.05) is 0 Å². The van der Waals surface area contributed by atoms with Crippen LogP contribution in [0.1, 0.15) is 102 Å². The van der Waals surface area contributed by atoms with Crippen LogP contribution in [0.4, 0.5) is 0 Å². The summed E-state index contributed by atoms with van der Waals surface area (Å²) in [4.78, 5) is 8.14. The van der Waals surface area contributed by atoms with Gasteiger partial charge in [-0.15, -0.1) is 0 Å². The average Bonchev–Trinajstić information content (AvgIpc) is 3.29. The Balaban J connectivity index is 1.11. The fraction of sp³-hybridized carbons (Fsp3) is 0.655. The molecule has 2 aliphatic rings. The van der Waals surface area contributed by atoms with Crippen LogP contribution in [0.2, 0.25) is 17.5 Å². The van der Waals surface area contributed by atoms with Gasteiger partial charge in [-0.05, 0) is 0 Å². The van der Waals surface area contributed by atoms with Gasteiger partial charge in [0.05, 0.1) is 0 Å². The second-order valence-electron chi connectivity index (χ2n) is 12.0. The first-order valence-corrected chi connectivity index (χ1v) is 15.3. The number of fused-ring (bicyclic) bond motifs is 1. The number of H-pyrrole nitrogens is 1. The molecule has 185 valence electrons. The number of hydrogen-bond acceptors (Lipinski definition) is 1. The van der Waals surface area contributed by atoms with Crippen molar-refractivity contribution < 1.29 is 0 Å². The topological polar surface area (TPSA) is 28.7 Å². The van der Waals surface area contributed by atoms with E-state index in [4.69, 9.17) is 4.98 Å². The number of nitrogens with one attached hydrogen (secondary N) is 1. The molecule has 3 radical (unpaired) electrons. The van der Waals surface area contributed by atoms with Crippen LogP contribution < -0.4 is 16.6 Å². The van der Waals surface area contributed by atoms with Crippen molar-refractivity contribution in [2.24, 2.45) is 0 Å². The van der Waals surface area contributed by atoms with Crippen molar-refractivity contribution in [3.05, 3.63) is 29.6 Å². The Kier molecular flexibility index (Phi) is 10.5. The molecule has 2 fully saturated rings. The van der Waals surface area contributed by atoms with Gasteiger partial charge in [-0.2, -0.15) is 0 Å². The third-order valence-electron chi connectivity index (χ3n) is 8.91. The molecule has 1 N–H and O–H groups in total. The summed E-state index contributed by atoms with van der Waals surface area (Å²) >= 11 is 0. The number of hydrogen-bond donors (Lipinski definition) is 1. The number of aryl methyl sites for hydroxylation is 1. The molecule has 2 saturated carbocycles. The predicted molar refractivity (Wildman–Crippen MR) is 168 cm³/mol. The van der Waals surface area contributed by atoms with E-state index in [1.54, 1.807) is 0 Å². The summed E-state index contributed by atoms with van der Waals surface area (Å²) in [5.41, 5.74) is 7.04. The summed E-state index contributed by atoms with van der Waals surface area (Å²) in [6, 6.07) is 6.89. The molecule has 2 aromatic heterocycles. The molecule has 5 rings (SSSR count). The molecule has 0 saturated heterocycles. The first-order valence-electron chi connectivity index (χ1n) is 15.3. The Labute approximate surface area is 229 Å². The monoisotopic (exact) mass is 483 g/mol. The minimum atomic E-state index is 0.718. The van der Waals surface area contributed by atoms with E-state index in [2.05, 4.69) is 71.5 Å². The predicted octanol–water partition coefficient (Wildman–Crippen LogP) is 4.82. The van der Waals surface area contributed by atoms with Gasteiger partial charge in [-0.25, -0.2) is 0 Å². The van der Waals surface area contributed by atoms with Crippen molar-refractivity contribution >= 4 is 69.8 Å². The van der Waals surface area contributed by atoms with Gasteiger partial charge in [0.1, 0.15) is 7.28 Å². The number of nitrogens with zero attached hydrogens (tertiary/aromatic N) is 1. The molecule has 3 aromatic rings. The number of aromatic amines is 1. The Morgan fingerprint density at radius 1 is 0.811 bits per heavy atom. The standard InChI is InChI=1S/C29H41B6N2/c1-21-19-25(34-29-36-27-28(37-29)35-31-20-30-27)17-18-26(21)33-24-15-9-7-13-23(14-8-10-16-24)32-22-11-5-3-2-4-6-12-22/h17-20,22-24H,2-16H2,1H3,(H,36,37). The number of rotatable bonds is 6. The first-order chi connectivity index (χ1) is 18.2. The van der Waals surface area contributed by atoms with Gasteiger partial charge in [0.15, 0.2) is 0 Å². The van der Waals surface area contributed by atoms with Crippen LogP contribution in [0.5, 0.6) is 0 Å². The normalized spacial score (nSPS) is 22.3. The van der Waals surface area contributed by atoms with E-state index in [-0.39, 0.29) is 0 Å². The molecule has 8 heteroatoms. The SMILES string of the molecule is Cc1cc([B]c2nc3bbcbc3[nH]2)ccc1[B]C1CCCCC([B]C2CCCCCCC2)CCCC1. The fourth-order valence-corrected chi connectivity index (χ4v) is 6.77. The van der Waals surface area contributed by atoms with E-state index >= 15 is 0 Å². The summed E-state index contributed by atoms with van der Waals surface area (Å²) in [5.74, 6) is 4.55. The summed E-state index contributed by atoms with van der Waals surface area (Å²) in [6.07, 6.45) is 21.4. The fourth-order valence-electron chi connectivity index (χ4n) is 6.77. The summed E-state index contributed by atoms with van der Waals surface area (Å²) in [6.45, 7) is 8.44. The molecule has 0 amide bonds. The molecule has 37 heavy (non-hydrogen) atoms. The van der Waals surface area contributed by atoms with E-state index in [1.807, 2.05) is 6.80 Å². The Morgan fingerprint density at radius 2 is 1.43 bits per heavy atom. The van der Waals surface area contributed by atoms with Crippen LogP contribution in [-0.2, 0) is 0 Å². The molecule has 2 aliphatic carbocycles. The Morgan fingerprint density at radius 3 is 2.08 bits per heavy atom. The van der Waals surface area contributed by atoms with E-state index < -0.39 is 0 Å². The van der Waals surface area contributed by atoms with E-state index in [0.29, 0.717) is 0 Å². The molecule has 0 atom stereocenters. The van der Waals surface area contributed by atoms with Crippen molar-refractivity contribution in [2.75, 3.05) is 0 Å². The maximum atomic E-state index is 4.71. The van der Waals surface area contributed by atoms with Crippen LogP contribution in [-0.4, -0.2) is 52.3 Å². The van der Waals surface area contributed by atoms with E-state index in [0.717, 1.165) is 34.0 Å². The first kappa shape index (κ1) is 27.3. The quantitative estimate of drug-likeness (QED) is 0.502. The molecular formula is C29H41B6N2. The molecular weight excluding hydrogens is 441 g/mol. The molecule has 1 aromatic carbocycles. The maximum absolute atomic E-state index is 4.71. The molecule has 0 bridgehead atoms. The zero-order chi connectivity index (χ0) is 25.3. The van der Waals surface area contributed by atoms with Crippen molar-refractivity contribution in [1.82, 2.24) is 9.97 Å². The molecule has 2 heterocycles. The number of benzene rings is 1. The second kappa shape index (κ2) is 14.2. The van der Waals surface area contributed by atoms with Gasteiger partial charge < -0.3 is 0 Å². The zero-order valence-corrected chi connectivity index (χ0v) is 23.1. The van der Waals surface area contributed by atoms with Crippen LogP contribution in [0.3, 0.4) is 0 Å². The summed E-state index contributed by atoms with van der Waals surface area (Å²) in [7, 11) is 7.56. The van der Waals surface area contributed by atoms with Crippen LogP contribution >= 0.6 is 0 Å². The molecule has 0 aliphatic heterocycles. The second-order valence-corrected chi connectivity index (χ2v) is 12.0.